The minimum absolute atomic E-state index is 2.58. The Morgan fingerprint density at radius 1 is 1.18 bits per heavy atom. The fourth-order valence-corrected chi connectivity index (χ4v) is 0.218. The number of aliphatic carboxylic acids is 1. The number of hydrogen-bond donors (Lipinski definition) is 1. The maximum absolute atomic E-state index is 11.6. The van der Waals surface area contributed by atoms with Gasteiger partial charge in [0.05, 0.1) is 0 Å². The van der Waals surface area contributed by atoms with Crippen molar-refractivity contribution >= 4 is 5.97 Å². The molecule has 64 valence electrons. The molecule has 0 spiro atoms. The van der Waals surface area contributed by atoms with Gasteiger partial charge < -0.3 is 5.11 Å². The molecule has 11 heavy (non-hydrogen) atoms. The van der Waals surface area contributed by atoms with E-state index >= 15 is 0 Å². The highest BCUT2D eigenvalue weighted by molar-refractivity contribution is 5.84. The standard InChI is InChI=1S/C4HF5O2/c5-1(3(10)11)2(6)4(7,8)9/h(H,10,11)/b2-1+. The normalized spacial score (nSPS) is 14.3. The molecule has 0 fully saturated rings. The van der Waals surface area contributed by atoms with Gasteiger partial charge in [-0.2, -0.15) is 22.0 Å². The lowest BCUT2D eigenvalue weighted by Crippen LogP contribution is -2.12. The predicted octanol–water partition coefficient (Wildman–Crippen LogP) is 1.78. The van der Waals surface area contributed by atoms with Crippen LogP contribution >= 0.6 is 0 Å². The van der Waals surface area contributed by atoms with Crippen molar-refractivity contribution in [3.05, 3.63) is 11.7 Å². The quantitative estimate of drug-likeness (QED) is 0.488. The third-order valence-electron chi connectivity index (χ3n) is 0.629. The van der Waals surface area contributed by atoms with Crippen LogP contribution in [0, 0.1) is 0 Å². The van der Waals surface area contributed by atoms with Gasteiger partial charge in [0.1, 0.15) is 0 Å². The summed E-state index contributed by atoms with van der Waals surface area (Å²) >= 11 is 0. The first kappa shape index (κ1) is 9.86. The average molecular weight is 176 g/mol. The van der Waals surface area contributed by atoms with Crippen molar-refractivity contribution in [2.45, 2.75) is 6.18 Å². The molecule has 0 bridgehead atoms. The Bertz CT molecular complexity index is 203. The number of rotatable bonds is 1. The summed E-state index contributed by atoms with van der Waals surface area (Å²) in [4.78, 5) is 9.41. The monoisotopic (exact) mass is 176 g/mol. The second-order valence-electron chi connectivity index (χ2n) is 1.43. The maximum Gasteiger partial charge on any atom is 0.446 e. The van der Waals surface area contributed by atoms with E-state index in [2.05, 4.69) is 0 Å². The zero-order chi connectivity index (χ0) is 9.23. The lowest BCUT2D eigenvalue weighted by Gasteiger charge is -2.01. The molecule has 0 aromatic carbocycles. The van der Waals surface area contributed by atoms with E-state index in [9.17, 15) is 26.7 Å². The van der Waals surface area contributed by atoms with E-state index in [1.165, 1.54) is 0 Å². The molecule has 0 saturated carbocycles. The number of allylic oxidation sites excluding steroid dienone is 1. The van der Waals surface area contributed by atoms with Gasteiger partial charge in [-0.3, -0.25) is 0 Å². The molecule has 0 aliphatic carbocycles. The van der Waals surface area contributed by atoms with E-state index in [4.69, 9.17) is 5.11 Å². The van der Waals surface area contributed by atoms with Gasteiger partial charge in [-0.15, -0.1) is 0 Å². The molecule has 0 radical (unpaired) electrons. The van der Waals surface area contributed by atoms with Gasteiger partial charge in [0.25, 0.3) is 0 Å². The molecule has 0 rings (SSSR count). The lowest BCUT2D eigenvalue weighted by molar-refractivity contribution is -0.138. The second kappa shape index (κ2) is 2.85. The first-order chi connectivity index (χ1) is 4.76. The van der Waals surface area contributed by atoms with Crippen molar-refractivity contribution < 1.29 is 31.9 Å². The van der Waals surface area contributed by atoms with Crippen LogP contribution in [0.15, 0.2) is 11.7 Å². The summed E-state index contributed by atoms with van der Waals surface area (Å²) in [5, 5.41) is 7.54. The topological polar surface area (TPSA) is 37.3 Å². The predicted molar refractivity (Wildman–Crippen MR) is 22.9 cm³/mol. The fraction of sp³-hybridized carbons (Fsp3) is 0.250. The van der Waals surface area contributed by atoms with Gasteiger partial charge in [0.15, 0.2) is 0 Å². The Kier molecular flexibility index (Phi) is 2.55. The number of hydrogen-bond acceptors (Lipinski definition) is 1. The van der Waals surface area contributed by atoms with Crippen LogP contribution in [0.2, 0.25) is 0 Å². The Hall–Kier alpha value is -1.14. The molecule has 1 N–H and O–H groups in total. The smallest absolute Gasteiger partial charge is 0.446 e. The summed E-state index contributed by atoms with van der Waals surface area (Å²) in [5.74, 6) is -8.65. The summed E-state index contributed by atoms with van der Waals surface area (Å²) in [6, 6.07) is 0. The van der Waals surface area contributed by atoms with E-state index in [0.717, 1.165) is 0 Å². The van der Waals surface area contributed by atoms with Crippen LogP contribution in [0.5, 0.6) is 0 Å². The van der Waals surface area contributed by atoms with Gasteiger partial charge in [-0.05, 0) is 0 Å². The van der Waals surface area contributed by atoms with Crippen LogP contribution in [0.4, 0.5) is 22.0 Å². The van der Waals surface area contributed by atoms with Gasteiger partial charge in [-0.1, -0.05) is 0 Å². The lowest BCUT2D eigenvalue weighted by atomic mass is 10.4. The van der Waals surface area contributed by atoms with Crippen molar-refractivity contribution in [3.8, 4) is 0 Å². The Morgan fingerprint density at radius 2 is 1.55 bits per heavy atom. The molecule has 0 atom stereocenters. The van der Waals surface area contributed by atoms with Gasteiger partial charge >= 0.3 is 12.1 Å². The molecule has 0 aliphatic rings. The fourth-order valence-electron chi connectivity index (χ4n) is 0.218. The number of carboxylic acids is 1. The van der Waals surface area contributed by atoms with Crippen LogP contribution in [0.25, 0.3) is 0 Å². The van der Waals surface area contributed by atoms with Crippen LogP contribution in [-0.2, 0) is 4.79 Å². The van der Waals surface area contributed by atoms with Crippen LogP contribution in [-0.4, -0.2) is 17.3 Å². The highest BCUT2D eigenvalue weighted by atomic mass is 19.4. The van der Waals surface area contributed by atoms with Crippen LogP contribution in [0.3, 0.4) is 0 Å². The number of carbonyl (C=O) groups is 1. The molecule has 0 aromatic rings. The average Bonchev–Trinajstić information content (AvgIpc) is 1.82. The molecular formula is C4HF5O2. The van der Waals surface area contributed by atoms with Crippen molar-refractivity contribution in [1.29, 1.82) is 0 Å². The Morgan fingerprint density at radius 3 is 1.64 bits per heavy atom. The first-order valence-electron chi connectivity index (χ1n) is 2.12. The van der Waals surface area contributed by atoms with Gasteiger partial charge in [-0.25, -0.2) is 4.79 Å². The summed E-state index contributed by atoms with van der Waals surface area (Å²) in [6.45, 7) is 0. The maximum atomic E-state index is 11.6. The number of alkyl halides is 3. The third-order valence-corrected chi connectivity index (χ3v) is 0.629. The number of carboxylic acid groups (broad SMARTS) is 1. The molecule has 0 unspecified atom stereocenters. The van der Waals surface area contributed by atoms with E-state index in [1.54, 1.807) is 0 Å². The largest absolute Gasteiger partial charge is 0.476 e. The molecule has 7 heteroatoms. The van der Waals surface area contributed by atoms with Crippen molar-refractivity contribution in [2.24, 2.45) is 0 Å². The van der Waals surface area contributed by atoms with E-state index < -0.39 is 23.8 Å². The van der Waals surface area contributed by atoms with Crippen molar-refractivity contribution in [3.63, 3.8) is 0 Å². The second-order valence-corrected chi connectivity index (χ2v) is 1.43. The summed E-state index contributed by atoms with van der Waals surface area (Å²) < 4.78 is 56.5. The van der Waals surface area contributed by atoms with Crippen molar-refractivity contribution in [1.82, 2.24) is 0 Å². The highest BCUT2D eigenvalue weighted by Crippen LogP contribution is 2.29. The number of halogens is 5. The van der Waals surface area contributed by atoms with Crippen LogP contribution in [0.1, 0.15) is 0 Å². The summed E-state index contributed by atoms with van der Waals surface area (Å²) in [5.41, 5.74) is 0. The minimum atomic E-state index is -5.58. The molecule has 0 amide bonds. The Balaban J connectivity index is 4.82. The molecule has 0 aromatic heterocycles. The van der Waals surface area contributed by atoms with Gasteiger partial charge in [0, 0.05) is 0 Å². The third kappa shape index (κ3) is 2.52. The summed E-state index contributed by atoms with van der Waals surface area (Å²) in [7, 11) is 0. The molecule has 0 heterocycles. The van der Waals surface area contributed by atoms with Crippen molar-refractivity contribution in [2.75, 3.05) is 0 Å². The molecule has 0 saturated heterocycles. The van der Waals surface area contributed by atoms with Gasteiger partial charge in [0.2, 0.25) is 11.7 Å². The summed E-state index contributed by atoms with van der Waals surface area (Å²) in [6.07, 6.45) is -5.58. The van der Waals surface area contributed by atoms with E-state index in [-0.39, 0.29) is 0 Å². The molecule has 2 nitrogen and oxygen atoms in total. The zero-order valence-electron chi connectivity index (χ0n) is 4.75. The first-order valence-corrected chi connectivity index (χ1v) is 2.12. The molecule has 0 aliphatic heterocycles. The molecular weight excluding hydrogens is 175 g/mol. The Labute approximate surface area is 56.9 Å². The van der Waals surface area contributed by atoms with Crippen LogP contribution < -0.4 is 0 Å². The minimum Gasteiger partial charge on any atom is -0.476 e. The zero-order valence-corrected chi connectivity index (χ0v) is 4.75. The van der Waals surface area contributed by atoms with E-state index in [1.807, 2.05) is 0 Å². The highest BCUT2D eigenvalue weighted by Gasteiger charge is 2.40. The SMILES string of the molecule is O=C(O)/C(F)=C(\F)C(F)(F)F. The van der Waals surface area contributed by atoms with E-state index in [0.29, 0.717) is 0 Å².